The number of carbonyl (C=O) groups excluding carboxylic acids is 1. The van der Waals surface area contributed by atoms with Gasteiger partial charge in [-0.25, -0.2) is 0 Å². The standard InChI is InChI=1S/C12H14O2/c13-8-5-9(14)11-7-2-1-6(10(8)11)12(7)3-4-12/h5-7,10-11,13H,1-4H2/t6-,7-,10-,11+/m1/s1. The average Bonchev–Trinajstić information content (AvgIpc) is 2.72. The Kier molecular flexibility index (Phi) is 1.03. The van der Waals surface area contributed by atoms with Crippen LogP contribution in [0.4, 0.5) is 0 Å². The number of hydrogen-bond donors (Lipinski definition) is 1. The predicted octanol–water partition coefficient (Wildman–Crippen LogP) is 2.06. The number of fused-ring (bicyclic) bond motifs is 3. The van der Waals surface area contributed by atoms with E-state index in [0.717, 1.165) is 0 Å². The minimum atomic E-state index is 0.177. The molecule has 0 aromatic heterocycles. The van der Waals surface area contributed by atoms with E-state index in [9.17, 15) is 9.90 Å². The van der Waals surface area contributed by atoms with Crippen molar-refractivity contribution in [3.8, 4) is 0 Å². The molecule has 0 aromatic carbocycles. The molecule has 2 nitrogen and oxygen atoms in total. The summed E-state index contributed by atoms with van der Waals surface area (Å²) in [6.45, 7) is 0. The third kappa shape index (κ3) is 0.572. The van der Waals surface area contributed by atoms with Gasteiger partial charge in [0.1, 0.15) is 0 Å². The minimum Gasteiger partial charge on any atom is -0.512 e. The molecule has 0 radical (unpaired) electrons. The molecule has 0 aliphatic heterocycles. The first-order chi connectivity index (χ1) is 6.74. The van der Waals surface area contributed by atoms with Crippen LogP contribution in [0.1, 0.15) is 25.7 Å². The van der Waals surface area contributed by atoms with Gasteiger partial charge in [0.15, 0.2) is 5.78 Å². The maximum atomic E-state index is 11.7. The van der Waals surface area contributed by atoms with E-state index < -0.39 is 0 Å². The maximum absolute atomic E-state index is 11.7. The third-order valence-corrected chi connectivity index (χ3v) is 5.31. The first kappa shape index (κ1) is 7.49. The van der Waals surface area contributed by atoms with Crippen LogP contribution in [0.25, 0.3) is 0 Å². The molecule has 74 valence electrons. The van der Waals surface area contributed by atoms with Crippen molar-refractivity contribution in [2.45, 2.75) is 25.7 Å². The second-order valence-electron chi connectivity index (χ2n) is 5.55. The van der Waals surface area contributed by atoms with Gasteiger partial charge in [-0.15, -0.1) is 0 Å². The summed E-state index contributed by atoms with van der Waals surface area (Å²) < 4.78 is 0. The van der Waals surface area contributed by atoms with Gasteiger partial charge in [0.2, 0.25) is 0 Å². The molecule has 4 atom stereocenters. The molecule has 14 heavy (non-hydrogen) atoms. The normalized spacial score (nSPS) is 51.1. The average molecular weight is 190 g/mol. The summed E-state index contributed by atoms with van der Waals surface area (Å²) in [7, 11) is 0. The SMILES string of the molecule is O=C1C=C(O)[C@@H]2[C@H]1[C@H]1CC[C@H]2C12CC2. The number of hydrogen-bond acceptors (Lipinski definition) is 2. The summed E-state index contributed by atoms with van der Waals surface area (Å²) in [6.07, 6.45) is 6.61. The Labute approximate surface area is 83.0 Å². The number of aliphatic hydroxyl groups excluding tert-OH is 1. The monoisotopic (exact) mass is 190 g/mol. The molecule has 1 spiro atoms. The van der Waals surface area contributed by atoms with Crippen molar-refractivity contribution >= 4 is 5.78 Å². The van der Waals surface area contributed by atoms with Gasteiger partial charge in [-0.2, -0.15) is 0 Å². The van der Waals surface area contributed by atoms with Crippen molar-refractivity contribution < 1.29 is 9.90 Å². The zero-order chi connectivity index (χ0) is 9.50. The van der Waals surface area contributed by atoms with E-state index in [0.29, 0.717) is 23.0 Å². The van der Waals surface area contributed by atoms with Gasteiger partial charge >= 0.3 is 0 Å². The number of ketones is 1. The number of carbonyl (C=O) groups is 1. The Balaban J connectivity index is 1.86. The summed E-state index contributed by atoms with van der Waals surface area (Å²) in [4.78, 5) is 11.7. The minimum absolute atomic E-state index is 0.177. The van der Waals surface area contributed by atoms with E-state index in [1.54, 1.807) is 0 Å². The molecular weight excluding hydrogens is 176 g/mol. The molecule has 0 saturated heterocycles. The van der Waals surface area contributed by atoms with Crippen molar-refractivity contribution in [2.75, 3.05) is 0 Å². The van der Waals surface area contributed by atoms with Gasteiger partial charge in [0.25, 0.3) is 0 Å². The van der Waals surface area contributed by atoms with Gasteiger partial charge in [-0.3, -0.25) is 4.79 Å². The molecule has 3 fully saturated rings. The van der Waals surface area contributed by atoms with E-state index in [1.807, 2.05) is 0 Å². The summed E-state index contributed by atoms with van der Waals surface area (Å²) in [5.41, 5.74) is 0.507. The van der Waals surface area contributed by atoms with Gasteiger partial charge in [0.05, 0.1) is 5.76 Å². The molecule has 0 aromatic rings. The van der Waals surface area contributed by atoms with Crippen LogP contribution < -0.4 is 0 Å². The van der Waals surface area contributed by atoms with Crippen LogP contribution in [0.2, 0.25) is 0 Å². The van der Waals surface area contributed by atoms with Gasteiger partial charge in [0, 0.05) is 17.9 Å². The first-order valence-electron chi connectivity index (χ1n) is 5.68. The lowest BCUT2D eigenvalue weighted by Crippen LogP contribution is -2.24. The van der Waals surface area contributed by atoms with Crippen LogP contribution >= 0.6 is 0 Å². The molecule has 2 bridgehead atoms. The van der Waals surface area contributed by atoms with Crippen LogP contribution in [-0.2, 0) is 4.79 Å². The predicted molar refractivity (Wildman–Crippen MR) is 50.6 cm³/mol. The van der Waals surface area contributed by atoms with Gasteiger partial charge < -0.3 is 5.11 Å². The van der Waals surface area contributed by atoms with Crippen molar-refractivity contribution in [1.29, 1.82) is 0 Å². The molecule has 4 rings (SSSR count). The maximum Gasteiger partial charge on any atom is 0.163 e. The van der Waals surface area contributed by atoms with Gasteiger partial charge in [-0.05, 0) is 42.9 Å². The van der Waals surface area contributed by atoms with E-state index >= 15 is 0 Å². The van der Waals surface area contributed by atoms with Crippen LogP contribution in [0.15, 0.2) is 11.8 Å². The lowest BCUT2D eigenvalue weighted by molar-refractivity contribution is -0.119. The fraction of sp³-hybridized carbons (Fsp3) is 0.750. The van der Waals surface area contributed by atoms with Crippen molar-refractivity contribution in [3.05, 3.63) is 11.8 Å². The second kappa shape index (κ2) is 1.93. The molecule has 4 aliphatic rings. The molecule has 4 aliphatic carbocycles. The van der Waals surface area contributed by atoms with Crippen LogP contribution in [0.3, 0.4) is 0 Å². The Morgan fingerprint density at radius 1 is 1.21 bits per heavy atom. The van der Waals surface area contributed by atoms with E-state index in [1.165, 1.54) is 31.8 Å². The number of allylic oxidation sites excluding steroid dienone is 2. The molecular formula is C12H14O2. The first-order valence-corrected chi connectivity index (χ1v) is 5.68. The molecule has 3 saturated carbocycles. The lowest BCUT2D eigenvalue weighted by Gasteiger charge is -2.23. The van der Waals surface area contributed by atoms with Crippen LogP contribution in [-0.4, -0.2) is 10.9 Å². The van der Waals surface area contributed by atoms with Crippen molar-refractivity contribution in [1.82, 2.24) is 0 Å². The summed E-state index contributed by atoms with van der Waals surface area (Å²) in [5.74, 6) is 2.27. The summed E-state index contributed by atoms with van der Waals surface area (Å²) >= 11 is 0. The Bertz CT molecular complexity index is 365. The fourth-order valence-corrected chi connectivity index (χ4v) is 4.77. The third-order valence-electron chi connectivity index (χ3n) is 5.31. The Morgan fingerprint density at radius 3 is 2.43 bits per heavy atom. The van der Waals surface area contributed by atoms with E-state index in [2.05, 4.69) is 0 Å². The van der Waals surface area contributed by atoms with Crippen LogP contribution in [0, 0.1) is 29.1 Å². The highest BCUT2D eigenvalue weighted by molar-refractivity contribution is 5.96. The van der Waals surface area contributed by atoms with Crippen molar-refractivity contribution in [2.24, 2.45) is 29.1 Å². The highest BCUT2D eigenvalue weighted by atomic mass is 16.3. The second-order valence-corrected chi connectivity index (χ2v) is 5.55. The van der Waals surface area contributed by atoms with E-state index in [4.69, 9.17) is 0 Å². The van der Waals surface area contributed by atoms with Gasteiger partial charge in [-0.1, -0.05) is 0 Å². The lowest BCUT2D eigenvalue weighted by atomic mass is 9.80. The van der Waals surface area contributed by atoms with E-state index in [-0.39, 0.29) is 17.6 Å². The summed E-state index contributed by atoms with van der Waals surface area (Å²) in [5, 5.41) is 9.79. The smallest absolute Gasteiger partial charge is 0.163 e. The molecule has 0 amide bonds. The molecule has 0 unspecified atom stereocenters. The highest BCUT2D eigenvalue weighted by Crippen LogP contribution is 2.76. The zero-order valence-corrected chi connectivity index (χ0v) is 8.07. The highest BCUT2D eigenvalue weighted by Gasteiger charge is 2.71. The van der Waals surface area contributed by atoms with Crippen molar-refractivity contribution in [3.63, 3.8) is 0 Å². The van der Waals surface area contributed by atoms with Crippen LogP contribution in [0.5, 0.6) is 0 Å². The summed E-state index contributed by atoms with van der Waals surface area (Å²) in [6, 6.07) is 0. The molecule has 0 heterocycles. The zero-order valence-electron chi connectivity index (χ0n) is 8.07. The Morgan fingerprint density at radius 2 is 1.86 bits per heavy atom. The molecule has 1 N–H and O–H groups in total. The molecule has 2 heteroatoms. The largest absolute Gasteiger partial charge is 0.512 e. The fourth-order valence-electron chi connectivity index (χ4n) is 4.77. The Hall–Kier alpha value is -0.790. The number of rotatable bonds is 0. The topological polar surface area (TPSA) is 37.3 Å². The quantitative estimate of drug-likeness (QED) is 0.635. The number of aliphatic hydroxyl groups is 1.